The maximum absolute atomic E-state index is 13.1. The minimum absolute atomic E-state index is 0.0113. The molecule has 0 aliphatic carbocycles. The summed E-state index contributed by atoms with van der Waals surface area (Å²) in [4.78, 5) is 37.0. The van der Waals surface area contributed by atoms with Gasteiger partial charge in [-0.3, -0.25) is 4.79 Å². The van der Waals surface area contributed by atoms with Crippen LogP contribution in [0, 0.1) is 5.82 Å². The molecule has 31 heavy (non-hydrogen) atoms. The van der Waals surface area contributed by atoms with Crippen molar-refractivity contribution in [1.82, 2.24) is 20.9 Å². The lowest BCUT2D eigenvalue weighted by Crippen LogP contribution is -2.45. The predicted octanol–water partition coefficient (Wildman–Crippen LogP) is 3.00. The molecule has 3 amide bonds. The number of aromatic nitrogens is 1. The van der Waals surface area contributed by atoms with E-state index in [0.29, 0.717) is 5.69 Å². The van der Waals surface area contributed by atoms with Crippen LogP contribution in [-0.2, 0) is 0 Å². The lowest BCUT2D eigenvalue weighted by molar-refractivity contribution is 0.0943. The molecule has 2 aromatic carbocycles. The number of aromatic amines is 1. The van der Waals surface area contributed by atoms with Gasteiger partial charge in [0.2, 0.25) is 0 Å². The molecule has 9 nitrogen and oxygen atoms in total. The van der Waals surface area contributed by atoms with Crippen LogP contribution in [0.5, 0.6) is 0 Å². The molecular formula is C21H21FN4O5. The highest BCUT2D eigenvalue weighted by atomic mass is 19.1. The maximum Gasteiger partial charge on any atom is 0.404 e. The van der Waals surface area contributed by atoms with E-state index in [4.69, 9.17) is 10.2 Å². The summed E-state index contributed by atoms with van der Waals surface area (Å²) in [5.74, 6) is -0.749. The van der Waals surface area contributed by atoms with Gasteiger partial charge in [0.05, 0.1) is 6.04 Å². The number of carbonyl (C=O) groups excluding carboxylic acids is 1. The van der Waals surface area contributed by atoms with E-state index in [1.54, 1.807) is 18.2 Å². The highest BCUT2D eigenvalue weighted by molar-refractivity contribution is 5.98. The molecule has 3 rings (SSSR count). The lowest BCUT2D eigenvalue weighted by Gasteiger charge is -2.17. The molecule has 1 atom stereocenters. The first kappa shape index (κ1) is 21.6. The highest BCUT2D eigenvalue weighted by Gasteiger charge is 2.15. The molecule has 0 aliphatic heterocycles. The molecule has 0 saturated carbocycles. The molecule has 1 heterocycles. The number of rotatable bonds is 8. The minimum Gasteiger partial charge on any atom is -0.465 e. The Balaban J connectivity index is 1.67. The molecule has 0 bridgehead atoms. The highest BCUT2D eigenvalue weighted by Crippen LogP contribution is 2.25. The number of halogens is 1. The Bertz CT molecular complexity index is 1100. The van der Waals surface area contributed by atoms with Crippen LogP contribution in [0.1, 0.15) is 16.9 Å². The van der Waals surface area contributed by atoms with Crippen molar-refractivity contribution >= 4 is 29.0 Å². The third kappa shape index (κ3) is 5.95. The second kappa shape index (κ2) is 9.61. The van der Waals surface area contributed by atoms with Gasteiger partial charge >= 0.3 is 12.2 Å². The van der Waals surface area contributed by atoms with Crippen molar-refractivity contribution in [3.8, 4) is 11.1 Å². The standard InChI is InChI=1S/C21H21FN4O5/c22-15-5-3-12(4-6-15)13-1-2-14-10-18(26-17(14)9-13)19(27)24-11-16(25-21(30)31)7-8-23-20(28)29/h1-6,9-10,16,23,25-26H,7-8,11H2,(H,24,27)(H,28,29)(H,30,31)/t16-/m0/s1. The zero-order valence-corrected chi connectivity index (χ0v) is 16.3. The molecule has 0 radical (unpaired) electrons. The van der Waals surface area contributed by atoms with E-state index in [1.165, 1.54) is 12.1 Å². The van der Waals surface area contributed by atoms with Gasteiger partial charge < -0.3 is 31.1 Å². The number of hydrogen-bond acceptors (Lipinski definition) is 3. The lowest BCUT2D eigenvalue weighted by atomic mass is 10.0. The van der Waals surface area contributed by atoms with Crippen LogP contribution >= 0.6 is 0 Å². The van der Waals surface area contributed by atoms with Gasteiger partial charge in [0, 0.05) is 24.0 Å². The first-order chi connectivity index (χ1) is 14.8. The van der Waals surface area contributed by atoms with E-state index in [2.05, 4.69) is 20.9 Å². The molecule has 10 heteroatoms. The van der Waals surface area contributed by atoms with E-state index in [1.807, 2.05) is 18.2 Å². The SMILES string of the molecule is O=C(O)NCC[C@@H](CNC(=O)c1cc2ccc(-c3ccc(F)cc3)cc2[nH]1)NC(=O)O. The Hall–Kier alpha value is -4.08. The minimum atomic E-state index is -1.27. The molecule has 162 valence electrons. The monoisotopic (exact) mass is 428 g/mol. The van der Waals surface area contributed by atoms with Gasteiger partial charge in [0.15, 0.2) is 0 Å². The Labute approximate surface area is 176 Å². The van der Waals surface area contributed by atoms with Crippen LogP contribution in [0.3, 0.4) is 0 Å². The van der Waals surface area contributed by atoms with E-state index in [9.17, 15) is 18.8 Å². The molecule has 0 fully saturated rings. The smallest absolute Gasteiger partial charge is 0.404 e. The Kier molecular flexibility index (Phi) is 6.71. The van der Waals surface area contributed by atoms with E-state index in [0.717, 1.165) is 22.0 Å². The third-order valence-electron chi connectivity index (χ3n) is 4.65. The second-order valence-corrected chi connectivity index (χ2v) is 6.87. The average Bonchev–Trinajstić information content (AvgIpc) is 3.15. The van der Waals surface area contributed by atoms with E-state index in [-0.39, 0.29) is 25.3 Å². The van der Waals surface area contributed by atoms with Crippen molar-refractivity contribution in [3.63, 3.8) is 0 Å². The summed E-state index contributed by atoms with van der Waals surface area (Å²) in [6.45, 7) is 0.0251. The van der Waals surface area contributed by atoms with Gasteiger partial charge in [0.1, 0.15) is 11.5 Å². The number of nitrogens with one attached hydrogen (secondary N) is 4. The zero-order valence-electron chi connectivity index (χ0n) is 16.3. The van der Waals surface area contributed by atoms with Crippen LogP contribution in [0.25, 0.3) is 22.0 Å². The quantitative estimate of drug-likeness (QED) is 0.327. The molecule has 0 unspecified atom stereocenters. The number of fused-ring (bicyclic) bond motifs is 1. The summed E-state index contributed by atoms with van der Waals surface area (Å²) in [5.41, 5.74) is 2.71. The zero-order chi connectivity index (χ0) is 22.4. The van der Waals surface area contributed by atoms with E-state index < -0.39 is 24.1 Å². The Morgan fingerprint density at radius 3 is 2.32 bits per heavy atom. The molecule has 0 spiro atoms. The fourth-order valence-electron chi connectivity index (χ4n) is 3.14. The van der Waals surface area contributed by atoms with E-state index >= 15 is 0 Å². The number of benzene rings is 2. The second-order valence-electron chi connectivity index (χ2n) is 6.87. The predicted molar refractivity (Wildman–Crippen MR) is 112 cm³/mol. The molecule has 1 aromatic heterocycles. The third-order valence-corrected chi connectivity index (χ3v) is 4.65. The number of amides is 3. The molecule has 6 N–H and O–H groups in total. The summed E-state index contributed by atoms with van der Waals surface area (Å²) < 4.78 is 13.1. The van der Waals surface area contributed by atoms with Crippen molar-refractivity contribution in [3.05, 3.63) is 60.0 Å². The van der Waals surface area contributed by atoms with Crippen LogP contribution in [-0.4, -0.2) is 52.4 Å². The van der Waals surface area contributed by atoms with Gasteiger partial charge in [-0.05, 0) is 41.8 Å². The first-order valence-electron chi connectivity index (χ1n) is 9.45. The van der Waals surface area contributed by atoms with Gasteiger partial charge in [0.25, 0.3) is 5.91 Å². The molecule has 0 aliphatic rings. The average molecular weight is 428 g/mol. The van der Waals surface area contributed by atoms with Gasteiger partial charge in [-0.15, -0.1) is 0 Å². The molecule has 3 aromatic rings. The normalized spacial score (nSPS) is 11.6. The maximum atomic E-state index is 13.1. The van der Waals surface area contributed by atoms with Crippen LogP contribution in [0.15, 0.2) is 48.5 Å². The number of carbonyl (C=O) groups is 3. The first-order valence-corrected chi connectivity index (χ1v) is 9.45. The summed E-state index contributed by atoms with van der Waals surface area (Å²) >= 11 is 0. The molecular weight excluding hydrogens is 407 g/mol. The van der Waals surface area contributed by atoms with Crippen LogP contribution in [0.4, 0.5) is 14.0 Å². The van der Waals surface area contributed by atoms with Crippen molar-refractivity contribution in [2.45, 2.75) is 12.5 Å². The van der Waals surface area contributed by atoms with Crippen molar-refractivity contribution in [1.29, 1.82) is 0 Å². The fourth-order valence-corrected chi connectivity index (χ4v) is 3.14. The van der Waals surface area contributed by atoms with Gasteiger partial charge in [-0.2, -0.15) is 0 Å². The summed E-state index contributed by atoms with van der Waals surface area (Å²) in [6, 6.07) is 12.7. The number of H-pyrrole nitrogens is 1. The summed E-state index contributed by atoms with van der Waals surface area (Å²) in [7, 11) is 0. The van der Waals surface area contributed by atoms with Crippen molar-refractivity contribution in [2.24, 2.45) is 0 Å². The van der Waals surface area contributed by atoms with Gasteiger partial charge in [-0.1, -0.05) is 24.3 Å². The molecule has 0 saturated heterocycles. The van der Waals surface area contributed by atoms with Crippen LogP contribution in [0.2, 0.25) is 0 Å². The fraction of sp³-hybridized carbons (Fsp3) is 0.190. The number of carboxylic acid groups (broad SMARTS) is 2. The summed E-state index contributed by atoms with van der Waals surface area (Å²) in [5, 5.41) is 25.4. The van der Waals surface area contributed by atoms with Gasteiger partial charge in [-0.25, -0.2) is 14.0 Å². The Morgan fingerprint density at radius 2 is 1.65 bits per heavy atom. The summed E-state index contributed by atoms with van der Waals surface area (Å²) in [6.07, 6.45) is -2.31. The van der Waals surface area contributed by atoms with Crippen molar-refractivity contribution in [2.75, 3.05) is 13.1 Å². The Morgan fingerprint density at radius 1 is 0.935 bits per heavy atom. The largest absolute Gasteiger partial charge is 0.465 e. The van der Waals surface area contributed by atoms with Crippen LogP contribution < -0.4 is 16.0 Å². The topological polar surface area (TPSA) is 144 Å². The number of hydrogen-bond donors (Lipinski definition) is 6. The van der Waals surface area contributed by atoms with Crippen molar-refractivity contribution < 1.29 is 29.0 Å².